The summed E-state index contributed by atoms with van der Waals surface area (Å²) in [5, 5.41) is 4.18. The molecule has 0 saturated heterocycles. The zero-order chi connectivity index (χ0) is 13.4. The molecule has 4 heteroatoms. The van der Waals surface area contributed by atoms with Crippen LogP contribution < -0.4 is 10.1 Å². The number of pyridine rings is 1. The zero-order valence-corrected chi connectivity index (χ0v) is 12.6. The number of nitrogens with one attached hydrogen (secondary N) is 1. The summed E-state index contributed by atoms with van der Waals surface area (Å²) in [6, 6.07) is 4.14. The van der Waals surface area contributed by atoms with Crippen molar-refractivity contribution in [2.24, 2.45) is 0 Å². The fraction of sp³-hybridized carbons (Fsp3) is 0.643. The minimum Gasteiger partial charge on any atom is -0.495 e. The zero-order valence-electron chi connectivity index (χ0n) is 11.8. The van der Waals surface area contributed by atoms with E-state index in [1.807, 2.05) is 30.1 Å². The van der Waals surface area contributed by atoms with Crippen molar-refractivity contribution in [1.29, 1.82) is 0 Å². The second-order valence-electron chi connectivity index (χ2n) is 4.48. The summed E-state index contributed by atoms with van der Waals surface area (Å²) in [6.07, 6.45) is 2.95. The Morgan fingerprint density at radius 1 is 1.44 bits per heavy atom. The average molecular weight is 268 g/mol. The van der Waals surface area contributed by atoms with Crippen LogP contribution in [0.25, 0.3) is 0 Å². The van der Waals surface area contributed by atoms with E-state index in [9.17, 15) is 0 Å². The van der Waals surface area contributed by atoms with Crippen LogP contribution in [0.1, 0.15) is 38.9 Å². The third kappa shape index (κ3) is 4.86. The van der Waals surface area contributed by atoms with Gasteiger partial charge in [-0.25, -0.2) is 0 Å². The summed E-state index contributed by atoms with van der Waals surface area (Å²) in [5.74, 6) is 1.89. The van der Waals surface area contributed by atoms with E-state index in [0.717, 1.165) is 30.2 Å². The lowest BCUT2D eigenvalue weighted by atomic mass is 10.2. The smallest absolute Gasteiger partial charge is 0.142 e. The van der Waals surface area contributed by atoms with E-state index in [-0.39, 0.29) is 6.04 Å². The van der Waals surface area contributed by atoms with Gasteiger partial charge >= 0.3 is 0 Å². The van der Waals surface area contributed by atoms with Gasteiger partial charge in [0.2, 0.25) is 0 Å². The highest BCUT2D eigenvalue weighted by atomic mass is 32.2. The van der Waals surface area contributed by atoms with Gasteiger partial charge in [0.1, 0.15) is 5.75 Å². The van der Waals surface area contributed by atoms with E-state index < -0.39 is 0 Å². The molecule has 3 nitrogen and oxygen atoms in total. The van der Waals surface area contributed by atoms with Crippen molar-refractivity contribution in [2.75, 3.05) is 19.4 Å². The molecule has 1 heterocycles. The first-order valence-corrected chi connectivity index (χ1v) is 7.57. The first kappa shape index (κ1) is 15.3. The molecule has 0 fully saturated rings. The van der Waals surface area contributed by atoms with E-state index in [4.69, 9.17) is 4.74 Å². The topological polar surface area (TPSA) is 34.2 Å². The monoisotopic (exact) mass is 268 g/mol. The van der Waals surface area contributed by atoms with E-state index in [1.54, 1.807) is 7.11 Å². The normalized spacial score (nSPS) is 12.7. The van der Waals surface area contributed by atoms with Gasteiger partial charge in [-0.2, -0.15) is 11.8 Å². The number of hydrogen-bond acceptors (Lipinski definition) is 4. The lowest BCUT2D eigenvalue weighted by Gasteiger charge is -2.20. The molecular weight excluding hydrogens is 244 g/mol. The molecule has 1 rings (SSSR count). The number of aromatic nitrogens is 1. The van der Waals surface area contributed by atoms with E-state index in [1.165, 1.54) is 0 Å². The van der Waals surface area contributed by atoms with Gasteiger partial charge in [0.05, 0.1) is 18.8 Å². The lowest BCUT2D eigenvalue weighted by molar-refractivity contribution is 0.398. The predicted molar refractivity (Wildman–Crippen MR) is 79.4 cm³/mol. The molecule has 1 aromatic heterocycles. The molecule has 0 radical (unpaired) electrons. The molecule has 0 saturated carbocycles. The van der Waals surface area contributed by atoms with Crippen LogP contribution in [0.3, 0.4) is 0 Å². The molecule has 1 N–H and O–H groups in total. The highest BCUT2D eigenvalue weighted by Crippen LogP contribution is 2.26. The van der Waals surface area contributed by atoms with Crippen molar-refractivity contribution in [3.63, 3.8) is 0 Å². The van der Waals surface area contributed by atoms with Gasteiger partial charge < -0.3 is 10.1 Å². The van der Waals surface area contributed by atoms with E-state index in [0.29, 0.717) is 5.25 Å². The van der Waals surface area contributed by atoms with Gasteiger partial charge in [0.25, 0.3) is 0 Å². The number of thioether (sulfide) groups is 1. The van der Waals surface area contributed by atoms with Crippen LogP contribution in [0.4, 0.5) is 0 Å². The van der Waals surface area contributed by atoms with Crippen LogP contribution in [-0.4, -0.2) is 29.6 Å². The Labute approximate surface area is 115 Å². The molecule has 0 aliphatic rings. The second-order valence-corrected chi connectivity index (χ2v) is 6.09. The van der Waals surface area contributed by atoms with Gasteiger partial charge in [-0.1, -0.05) is 20.8 Å². The van der Waals surface area contributed by atoms with E-state index >= 15 is 0 Å². The maximum absolute atomic E-state index is 5.40. The van der Waals surface area contributed by atoms with Crippen LogP contribution in [0.15, 0.2) is 18.3 Å². The summed E-state index contributed by atoms with van der Waals surface area (Å²) in [5.41, 5.74) is 1.02. The fourth-order valence-electron chi connectivity index (χ4n) is 1.68. The molecule has 0 aliphatic carbocycles. The summed E-state index contributed by atoms with van der Waals surface area (Å²) < 4.78 is 5.40. The van der Waals surface area contributed by atoms with Crippen molar-refractivity contribution in [2.45, 2.75) is 38.5 Å². The summed E-state index contributed by atoms with van der Waals surface area (Å²) in [7, 11) is 1.70. The minimum absolute atomic E-state index is 0.258. The Morgan fingerprint density at radius 2 is 2.22 bits per heavy atom. The number of ether oxygens (including phenoxy) is 1. The molecule has 102 valence electrons. The molecule has 0 amide bonds. The maximum Gasteiger partial charge on any atom is 0.142 e. The summed E-state index contributed by atoms with van der Waals surface area (Å²) in [4.78, 5) is 4.48. The molecule has 0 aromatic carbocycles. The summed E-state index contributed by atoms with van der Waals surface area (Å²) in [6.45, 7) is 7.62. The quantitative estimate of drug-likeness (QED) is 0.784. The van der Waals surface area contributed by atoms with Crippen LogP contribution >= 0.6 is 11.8 Å². The summed E-state index contributed by atoms with van der Waals surface area (Å²) >= 11 is 1.95. The number of rotatable bonds is 8. The van der Waals surface area contributed by atoms with Crippen LogP contribution in [-0.2, 0) is 0 Å². The molecule has 1 atom stereocenters. The van der Waals surface area contributed by atoms with Crippen LogP contribution in [0.2, 0.25) is 0 Å². The molecule has 0 spiro atoms. The Balaban J connectivity index is 2.79. The largest absolute Gasteiger partial charge is 0.495 e. The third-order valence-electron chi connectivity index (χ3n) is 2.59. The first-order chi connectivity index (χ1) is 8.69. The molecular formula is C14H24N2OS. The number of methoxy groups -OCH3 is 1. The predicted octanol–water partition coefficient (Wildman–Crippen LogP) is 3.27. The fourth-order valence-corrected chi connectivity index (χ4v) is 2.53. The SMILES string of the molecule is CCCNC(CSC(C)C)c1ncccc1OC. The Kier molecular flexibility index (Phi) is 7.13. The van der Waals surface area contributed by atoms with Crippen molar-refractivity contribution < 1.29 is 4.74 Å². The van der Waals surface area contributed by atoms with Crippen molar-refractivity contribution >= 4 is 11.8 Å². The standard InChI is InChI=1S/C14H24N2OS/c1-5-8-15-12(10-18-11(2)3)14-13(17-4)7-6-9-16-14/h6-7,9,11-12,15H,5,8,10H2,1-4H3. The third-order valence-corrected chi connectivity index (χ3v) is 3.78. The second kappa shape index (κ2) is 8.38. The van der Waals surface area contributed by atoms with E-state index in [2.05, 4.69) is 31.1 Å². The van der Waals surface area contributed by atoms with Gasteiger partial charge in [0.15, 0.2) is 0 Å². The Bertz CT molecular complexity index is 344. The van der Waals surface area contributed by atoms with Crippen LogP contribution in [0, 0.1) is 0 Å². The highest BCUT2D eigenvalue weighted by Gasteiger charge is 2.17. The number of nitrogens with zero attached hydrogens (tertiary/aromatic N) is 1. The molecule has 0 aliphatic heterocycles. The lowest BCUT2D eigenvalue weighted by Crippen LogP contribution is -2.26. The highest BCUT2D eigenvalue weighted by molar-refractivity contribution is 7.99. The first-order valence-electron chi connectivity index (χ1n) is 6.52. The average Bonchev–Trinajstić information content (AvgIpc) is 2.38. The number of hydrogen-bond donors (Lipinski definition) is 1. The van der Waals surface area contributed by atoms with Crippen molar-refractivity contribution in [3.8, 4) is 5.75 Å². The Morgan fingerprint density at radius 3 is 2.83 bits per heavy atom. The van der Waals surface area contributed by atoms with Crippen molar-refractivity contribution in [3.05, 3.63) is 24.0 Å². The molecule has 1 aromatic rings. The molecule has 0 bridgehead atoms. The van der Waals surface area contributed by atoms with Crippen molar-refractivity contribution in [1.82, 2.24) is 10.3 Å². The van der Waals surface area contributed by atoms with Gasteiger partial charge in [0, 0.05) is 11.9 Å². The molecule has 1 unspecified atom stereocenters. The van der Waals surface area contributed by atoms with Crippen LogP contribution in [0.5, 0.6) is 5.75 Å². The maximum atomic E-state index is 5.40. The molecule has 18 heavy (non-hydrogen) atoms. The van der Waals surface area contributed by atoms with Gasteiger partial charge in [-0.05, 0) is 30.3 Å². The Hall–Kier alpha value is -0.740. The van der Waals surface area contributed by atoms with Gasteiger partial charge in [-0.3, -0.25) is 4.98 Å². The van der Waals surface area contributed by atoms with Gasteiger partial charge in [-0.15, -0.1) is 0 Å². The minimum atomic E-state index is 0.258.